The smallest absolute Gasteiger partial charge is 0.263 e. The molecular weight excluding hydrogens is 232 g/mol. The number of nitrogens with one attached hydrogen (secondary N) is 1. The minimum absolute atomic E-state index is 0.0631. The van der Waals surface area contributed by atoms with Crippen LogP contribution in [0.1, 0.15) is 27.5 Å². The predicted molar refractivity (Wildman–Crippen MR) is 61.5 cm³/mol. The third-order valence-electron chi connectivity index (χ3n) is 2.44. The summed E-state index contributed by atoms with van der Waals surface area (Å²) >= 11 is 7.49. The standard InChI is InChI=1S/C10H13ClN2OS/c1-6-12-5-9(15-6)10(14)13-4-8(11)7-2-3-7/h5,7-8H,2-4H2,1H3,(H,13,14). The number of nitrogens with zero attached hydrogens (tertiary/aromatic N) is 1. The minimum atomic E-state index is -0.0631. The topological polar surface area (TPSA) is 42.0 Å². The molecule has 1 aliphatic rings. The minimum Gasteiger partial charge on any atom is -0.350 e. The lowest BCUT2D eigenvalue weighted by Crippen LogP contribution is -2.30. The van der Waals surface area contributed by atoms with Crippen molar-refractivity contribution >= 4 is 28.8 Å². The number of halogens is 1. The van der Waals surface area contributed by atoms with Gasteiger partial charge in [-0.3, -0.25) is 4.79 Å². The second-order valence-electron chi connectivity index (χ2n) is 3.81. The van der Waals surface area contributed by atoms with Gasteiger partial charge in [0.05, 0.1) is 16.6 Å². The zero-order valence-electron chi connectivity index (χ0n) is 8.50. The van der Waals surface area contributed by atoms with Crippen LogP contribution in [-0.2, 0) is 0 Å². The Morgan fingerprint density at radius 1 is 1.80 bits per heavy atom. The summed E-state index contributed by atoms with van der Waals surface area (Å²) in [5.74, 6) is 0.544. The molecule has 1 atom stereocenters. The number of hydrogen-bond donors (Lipinski definition) is 1. The van der Waals surface area contributed by atoms with Gasteiger partial charge in [-0.25, -0.2) is 4.98 Å². The third kappa shape index (κ3) is 2.92. The van der Waals surface area contributed by atoms with Crippen LogP contribution in [0.25, 0.3) is 0 Å². The van der Waals surface area contributed by atoms with Gasteiger partial charge < -0.3 is 5.32 Å². The lowest BCUT2D eigenvalue weighted by Gasteiger charge is -2.08. The van der Waals surface area contributed by atoms with E-state index in [-0.39, 0.29) is 11.3 Å². The van der Waals surface area contributed by atoms with E-state index in [1.165, 1.54) is 24.2 Å². The average Bonchev–Trinajstić information content (AvgIpc) is 2.97. The van der Waals surface area contributed by atoms with Gasteiger partial charge in [-0.2, -0.15) is 0 Å². The molecule has 5 heteroatoms. The molecule has 1 saturated carbocycles. The molecule has 1 amide bonds. The fourth-order valence-corrected chi connectivity index (χ4v) is 2.39. The second-order valence-corrected chi connectivity index (χ2v) is 5.60. The van der Waals surface area contributed by atoms with Crippen molar-refractivity contribution in [2.24, 2.45) is 5.92 Å². The zero-order valence-corrected chi connectivity index (χ0v) is 10.1. The van der Waals surface area contributed by atoms with Crippen molar-refractivity contribution in [2.75, 3.05) is 6.54 Å². The number of thiazole rings is 1. The van der Waals surface area contributed by atoms with Crippen LogP contribution in [0, 0.1) is 12.8 Å². The fourth-order valence-electron chi connectivity index (χ4n) is 1.37. The number of hydrogen-bond acceptors (Lipinski definition) is 3. The van der Waals surface area contributed by atoms with Gasteiger partial charge in [0.25, 0.3) is 5.91 Å². The molecule has 2 rings (SSSR count). The van der Waals surface area contributed by atoms with Crippen LogP contribution >= 0.6 is 22.9 Å². The van der Waals surface area contributed by atoms with Crippen molar-refractivity contribution in [3.05, 3.63) is 16.1 Å². The van der Waals surface area contributed by atoms with Crippen LogP contribution in [0.2, 0.25) is 0 Å². The first-order chi connectivity index (χ1) is 7.16. The van der Waals surface area contributed by atoms with Gasteiger partial charge >= 0.3 is 0 Å². The zero-order chi connectivity index (χ0) is 10.8. The van der Waals surface area contributed by atoms with Gasteiger partial charge in [0.2, 0.25) is 0 Å². The number of rotatable bonds is 4. The Kier molecular flexibility index (Phi) is 3.26. The quantitative estimate of drug-likeness (QED) is 0.826. The maximum Gasteiger partial charge on any atom is 0.263 e. The van der Waals surface area contributed by atoms with E-state index in [2.05, 4.69) is 10.3 Å². The largest absolute Gasteiger partial charge is 0.350 e. The number of aromatic nitrogens is 1. The Bertz CT molecular complexity index is 362. The van der Waals surface area contributed by atoms with Crippen molar-refractivity contribution in [1.82, 2.24) is 10.3 Å². The molecule has 1 heterocycles. The highest BCUT2D eigenvalue weighted by Crippen LogP contribution is 2.35. The summed E-state index contributed by atoms with van der Waals surface area (Å²) in [6.07, 6.45) is 4.00. The molecule has 0 spiro atoms. The molecule has 1 aliphatic carbocycles. The lowest BCUT2D eigenvalue weighted by atomic mass is 10.3. The normalized spacial score (nSPS) is 17.5. The number of carbonyl (C=O) groups excluding carboxylic acids is 1. The van der Waals surface area contributed by atoms with E-state index < -0.39 is 0 Å². The molecule has 0 aliphatic heterocycles. The number of carbonyl (C=O) groups is 1. The van der Waals surface area contributed by atoms with E-state index in [4.69, 9.17) is 11.6 Å². The first-order valence-corrected chi connectivity index (χ1v) is 6.27. The highest BCUT2D eigenvalue weighted by Gasteiger charge is 2.29. The molecule has 3 nitrogen and oxygen atoms in total. The van der Waals surface area contributed by atoms with Gasteiger partial charge in [0.1, 0.15) is 4.88 Å². The number of aryl methyl sites for hydroxylation is 1. The molecule has 0 radical (unpaired) electrons. The van der Waals surface area contributed by atoms with E-state index in [0.717, 1.165) is 5.01 Å². The molecule has 1 aromatic rings. The first kappa shape index (κ1) is 10.9. The van der Waals surface area contributed by atoms with E-state index >= 15 is 0 Å². The highest BCUT2D eigenvalue weighted by atomic mass is 35.5. The van der Waals surface area contributed by atoms with E-state index in [9.17, 15) is 4.79 Å². The Morgan fingerprint density at radius 3 is 3.07 bits per heavy atom. The van der Waals surface area contributed by atoms with Crippen molar-refractivity contribution in [1.29, 1.82) is 0 Å². The third-order valence-corrected chi connectivity index (χ3v) is 3.86. The Labute approximate surface area is 97.9 Å². The van der Waals surface area contributed by atoms with Crippen molar-refractivity contribution in [2.45, 2.75) is 25.1 Å². The molecular formula is C10H13ClN2OS. The van der Waals surface area contributed by atoms with Crippen LogP contribution in [0.4, 0.5) is 0 Å². The maximum absolute atomic E-state index is 11.6. The van der Waals surface area contributed by atoms with Gasteiger partial charge in [0.15, 0.2) is 0 Å². The number of alkyl halides is 1. The summed E-state index contributed by atoms with van der Waals surface area (Å²) < 4.78 is 0. The van der Waals surface area contributed by atoms with Gasteiger partial charge in [0, 0.05) is 6.54 Å². The summed E-state index contributed by atoms with van der Waals surface area (Å²) in [4.78, 5) is 16.3. The average molecular weight is 245 g/mol. The Hall–Kier alpha value is -0.610. The highest BCUT2D eigenvalue weighted by molar-refractivity contribution is 7.13. The summed E-state index contributed by atoms with van der Waals surface area (Å²) in [6, 6.07) is 0. The van der Waals surface area contributed by atoms with Crippen molar-refractivity contribution < 1.29 is 4.79 Å². The monoisotopic (exact) mass is 244 g/mol. The lowest BCUT2D eigenvalue weighted by molar-refractivity contribution is 0.0957. The molecule has 1 fully saturated rings. The summed E-state index contributed by atoms with van der Waals surface area (Å²) in [5.41, 5.74) is 0. The molecule has 1 aromatic heterocycles. The van der Waals surface area contributed by atoms with Gasteiger partial charge in [-0.1, -0.05) is 0 Å². The van der Waals surface area contributed by atoms with Crippen LogP contribution in [-0.4, -0.2) is 22.8 Å². The van der Waals surface area contributed by atoms with E-state index in [1.54, 1.807) is 6.20 Å². The maximum atomic E-state index is 11.6. The van der Waals surface area contributed by atoms with Crippen LogP contribution in [0.3, 0.4) is 0 Å². The molecule has 15 heavy (non-hydrogen) atoms. The molecule has 1 unspecified atom stereocenters. The summed E-state index contributed by atoms with van der Waals surface area (Å²) in [5, 5.41) is 3.83. The fraction of sp³-hybridized carbons (Fsp3) is 0.600. The van der Waals surface area contributed by atoms with E-state index in [1.807, 2.05) is 6.92 Å². The van der Waals surface area contributed by atoms with Crippen LogP contribution < -0.4 is 5.32 Å². The Morgan fingerprint density at radius 2 is 2.53 bits per heavy atom. The van der Waals surface area contributed by atoms with Crippen molar-refractivity contribution in [3.8, 4) is 0 Å². The van der Waals surface area contributed by atoms with Crippen LogP contribution in [0.5, 0.6) is 0 Å². The summed E-state index contributed by atoms with van der Waals surface area (Å²) in [7, 11) is 0. The summed E-state index contributed by atoms with van der Waals surface area (Å²) in [6.45, 7) is 2.44. The van der Waals surface area contributed by atoms with Gasteiger partial charge in [-0.15, -0.1) is 22.9 Å². The second kappa shape index (κ2) is 4.49. The van der Waals surface area contributed by atoms with Gasteiger partial charge in [-0.05, 0) is 25.7 Å². The Balaban J connectivity index is 1.81. The van der Waals surface area contributed by atoms with Crippen LogP contribution in [0.15, 0.2) is 6.20 Å². The SMILES string of the molecule is Cc1ncc(C(=O)NCC(Cl)C2CC2)s1. The molecule has 0 bridgehead atoms. The molecule has 1 N–H and O–H groups in total. The number of amides is 1. The molecule has 0 aromatic carbocycles. The van der Waals surface area contributed by atoms with E-state index in [0.29, 0.717) is 17.3 Å². The first-order valence-electron chi connectivity index (χ1n) is 5.01. The molecule has 0 saturated heterocycles. The molecule has 82 valence electrons. The van der Waals surface area contributed by atoms with Crippen molar-refractivity contribution in [3.63, 3.8) is 0 Å². The predicted octanol–water partition coefficient (Wildman–Crippen LogP) is 2.20.